The molecule has 1 atom stereocenters. The molecular weight excluding hydrogens is 392 g/mol. The Kier molecular flexibility index (Phi) is 5.58. The van der Waals surface area contributed by atoms with Crippen LogP contribution in [0.4, 0.5) is 11.4 Å². The lowest BCUT2D eigenvalue weighted by Crippen LogP contribution is -2.42. The van der Waals surface area contributed by atoms with Gasteiger partial charge in [0.15, 0.2) is 9.84 Å². The van der Waals surface area contributed by atoms with Gasteiger partial charge in [0.1, 0.15) is 5.71 Å². The van der Waals surface area contributed by atoms with E-state index in [-0.39, 0.29) is 41.9 Å². The van der Waals surface area contributed by atoms with Gasteiger partial charge in [-0.1, -0.05) is 12.1 Å². The van der Waals surface area contributed by atoms with Crippen molar-refractivity contribution in [1.82, 2.24) is 5.01 Å². The largest absolute Gasteiger partial charge is 0.370 e. The highest BCUT2D eigenvalue weighted by molar-refractivity contribution is 7.91. The summed E-state index contributed by atoms with van der Waals surface area (Å²) in [4.78, 5) is 27.4. The van der Waals surface area contributed by atoms with E-state index < -0.39 is 15.9 Å². The summed E-state index contributed by atoms with van der Waals surface area (Å²) in [5, 5.41) is 8.43. The molecule has 0 aromatic heterocycles. The Morgan fingerprint density at radius 1 is 1.10 bits per heavy atom. The SMILES string of the molecule is O=C(Nc1ccccc1N1CCCCC1)C1=NN(C2CCS(=O)(=O)C2)C(=O)CC1. The van der Waals surface area contributed by atoms with E-state index in [9.17, 15) is 18.0 Å². The minimum atomic E-state index is -3.14. The fourth-order valence-electron chi connectivity index (χ4n) is 4.17. The zero-order chi connectivity index (χ0) is 20.4. The highest BCUT2D eigenvalue weighted by Crippen LogP contribution is 2.29. The van der Waals surface area contributed by atoms with E-state index in [0.717, 1.165) is 37.3 Å². The van der Waals surface area contributed by atoms with Gasteiger partial charge in [-0.3, -0.25) is 9.59 Å². The Balaban J connectivity index is 1.51. The van der Waals surface area contributed by atoms with E-state index >= 15 is 0 Å². The minimum Gasteiger partial charge on any atom is -0.370 e. The number of nitrogens with zero attached hydrogens (tertiary/aromatic N) is 3. The van der Waals surface area contributed by atoms with Crippen LogP contribution in [0.3, 0.4) is 0 Å². The number of anilines is 2. The Morgan fingerprint density at radius 3 is 2.59 bits per heavy atom. The van der Waals surface area contributed by atoms with Gasteiger partial charge in [-0.05, 0) is 37.8 Å². The Labute approximate surface area is 170 Å². The molecule has 156 valence electrons. The van der Waals surface area contributed by atoms with Crippen molar-refractivity contribution in [3.63, 3.8) is 0 Å². The average molecular weight is 419 g/mol. The van der Waals surface area contributed by atoms with Crippen molar-refractivity contribution < 1.29 is 18.0 Å². The summed E-state index contributed by atoms with van der Waals surface area (Å²) in [5.74, 6) is -0.596. The van der Waals surface area contributed by atoms with E-state index in [0.29, 0.717) is 6.42 Å². The second-order valence-electron chi connectivity index (χ2n) is 7.86. The summed E-state index contributed by atoms with van der Waals surface area (Å²) in [6.07, 6.45) is 4.28. The highest BCUT2D eigenvalue weighted by atomic mass is 32.2. The normalized spacial score (nSPS) is 24.3. The predicted molar refractivity (Wildman–Crippen MR) is 112 cm³/mol. The monoisotopic (exact) mass is 418 g/mol. The number of piperidine rings is 1. The topological polar surface area (TPSA) is 99.2 Å². The first-order chi connectivity index (χ1) is 13.9. The number of nitrogens with one attached hydrogen (secondary N) is 1. The van der Waals surface area contributed by atoms with Crippen LogP contribution >= 0.6 is 0 Å². The van der Waals surface area contributed by atoms with Crippen LogP contribution in [-0.2, 0) is 19.4 Å². The number of hydrogen-bond donors (Lipinski definition) is 1. The van der Waals surface area contributed by atoms with Crippen molar-refractivity contribution >= 4 is 38.7 Å². The first kappa shape index (κ1) is 19.9. The third-order valence-corrected chi connectivity index (χ3v) is 7.48. The quantitative estimate of drug-likeness (QED) is 0.804. The molecule has 2 saturated heterocycles. The van der Waals surface area contributed by atoms with Crippen LogP contribution in [0, 0.1) is 0 Å². The first-order valence-electron chi connectivity index (χ1n) is 10.2. The number of rotatable bonds is 4. The summed E-state index contributed by atoms with van der Waals surface area (Å²) in [6.45, 7) is 1.93. The molecule has 1 N–H and O–H groups in total. The number of benzene rings is 1. The molecule has 4 rings (SSSR count). The summed E-state index contributed by atoms with van der Waals surface area (Å²) in [7, 11) is -3.14. The molecule has 9 heteroatoms. The molecule has 3 heterocycles. The number of carbonyl (C=O) groups excluding carboxylic acids is 2. The molecule has 0 saturated carbocycles. The molecule has 2 fully saturated rings. The van der Waals surface area contributed by atoms with Crippen LogP contribution in [-0.4, -0.2) is 61.6 Å². The van der Waals surface area contributed by atoms with Crippen molar-refractivity contribution in [2.24, 2.45) is 5.10 Å². The Bertz CT molecular complexity index is 938. The van der Waals surface area contributed by atoms with Gasteiger partial charge in [0.25, 0.3) is 5.91 Å². The second kappa shape index (κ2) is 8.14. The molecule has 0 bridgehead atoms. The molecule has 8 nitrogen and oxygen atoms in total. The van der Waals surface area contributed by atoms with E-state index in [1.165, 1.54) is 11.4 Å². The van der Waals surface area contributed by atoms with Crippen LogP contribution in [0.1, 0.15) is 38.5 Å². The average Bonchev–Trinajstić information content (AvgIpc) is 3.09. The number of sulfone groups is 1. The lowest BCUT2D eigenvalue weighted by molar-refractivity contribution is -0.133. The maximum Gasteiger partial charge on any atom is 0.271 e. The predicted octanol–water partition coefficient (Wildman–Crippen LogP) is 1.78. The van der Waals surface area contributed by atoms with Gasteiger partial charge < -0.3 is 10.2 Å². The van der Waals surface area contributed by atoms with Gasteiger partial charge >= 0.3 is 0 Å². The van der Waals surface area contributed by atoms with Gasteiger partial charge in [0, 0.05) is 25.9 Å². The van der Waals surface area contributed by atoms with E-state index in [1.807, 2.05) is 24.3 Å². The summed E-state index contributed by atoms with van der Waals surface area (Å²) < 4.78 is 23.5. The number of amides is 2. The summed E-state index contributed by atoms with van der Waals surface area (Å²) in [6, 6.07) is 7.24. The van der Waals surface area contributed by atoms with Gasteiger partial charge in [-0.25, -0.2) is 13.4 Å². The van der Waals surface area contributed by atoms with Crippen molar-refractivity contribution in [2.75, 3.05) is 34.8 Å². The maximum absolute atomic E-state index is 12.9. The molecule has 0 aliphatic carbocycles. The molecular formula is C20H26N4O4S. The summed E-state index contributed by atoms with van der Waals surface area (Å²) in [5.41, 5.74) is 1.99. The minimum absolute atomic E-state index is 0.0572. The van der Waals surface area contributed by atoms with Gasteiger partial charge in [0.2, 0.25) is 5.91 Å². The van der Waals surface area contributed by atoms with Crippen LogP contribution in [0.5, 0.6) is 0 Å². The van der Waals surface area contributed by atoms with Gasteiger partial charge in [-0.2, -0.15) is 5.10 Å². The zero-order valence-electron chi connectivity index (χ0n) is 16.3. The fraction of sp³-hybridized carbons (Fsp3) is 0.550. The fourth-order valence-corrected chi connectivity index (χ4v) is 5.86. The van der Waals surface area contributed by atoms with Gasteiger partial charge in [0.05, 0.1) is 28.9 Å². The Hall–Kier alpha value is -2.42. The molecule has 0 radical (unpaired) electrons. The standard InChI is InChI=1S/C20H26N4O4S/c25-19-9-8-17(22-24(19)15-10-13-29(27,28)14-15)20(26)21-16-6-2-3-7-18(16)23-11-4-1-5-12-23/h2-3,6-7,15H,1,4-5,8-14H2,(H,21,26). The number of hydrazone groups is 1. The van der Waals surface area contributed by atoms with E-state index in [4.69, 9.17) is 0 Å². The highest BCUT2D eigenvalue weighted by Gasteiger charge is 2.37. The summed E-state index contributed by atoms with van der Waals surface area (Å²) >= 11 is 0. The molecule has 2 amide bonds. The Morgan fingerprint density at radius 2 is 1.86 bits per heavy atom. The lowest BCUT2D eigenvalue weighted by Gasteiger charge is -2.31. The van der Waals surface area contributed by atoms with E-state index in [2.05, 4.69) is 15.3 Å². The lowest BCUT2D eigenvalue weighted by atomic mass is 10.1. The van der Waals surface area contributed by atoms with Crippen LogP contribution in [0.2, 0.25) is 0 Å². The molecule has 1 aromatic rings. The van der Waals surface area contributed by atoms with Crippen molar-refractivity contribution in [2.45, 2.75) is 44.6 Å². The van der Waals surface area contributed by atoms with E-state index in [1.54, 1.807) is 0 Å². The van der Waals surface area contributed by atoms with Crippen molar-refractivity contribution in [3.8, 4) is 0 Å². The molecule has 3 aliphatic heterocycles. The molecule has 1 aromatic carbocycles. The number of hydrogen-bond acceptors (Lipinski definition) is 6. The second-order valence-corrected chi connectivity index (χ2v) is 10.1. The molecule has 1 unspecified atom stereocenters. The molecule has 0 spiro atoms. The molecule has 3 aliphatic rings. The van der Waals surface area contributed by atoms with Crippen LogP contribution in [0.15, 0.2) is 29.4 Å². The third-order valence-electron chi connectivity index (χ3n) is 5.73. The zero-order valence-corrected chi connectivity index (χ0v) is 17.2. The molecule has 29 heavy (non-hydrogen) atoms. The van der Waals surface area contributed by atoms with Crippen LogP contribution < -0.4 is 10.2 Å². The first-order valence-corrected chi connectivity index (χ1v) is 12.0. The third kappa shape index (κ3) is 4.44. The maximum atomic E-state index is 12.9. The number of para-hydroxylation sites is 2. The smallest absolute Gasteiger partial charge is 0.271 e. The van der Waals surface area contributed by atoms with Gasteiger partial charge in [-0.15, -0.1) is 0 Å². The van der Waals surface area contributed by atoms with Crippen molar-refractivity contribution in [3.05, 3.63) is 24.3 Å². The van der Waals surface area contributed by atoms with Crippen molar-refractivity contribution in [1.29, 1.82) is 0 Å². The number of carbonyl (C=O) groups is 2. The van der Waals surface area contributed by atoms with Crippen LogP contribution in [0.25, 0.3) is 0 Å².